The summed E-state index contributed by atoms with van der Waals surface area (Å²) in [4.78, 5) is 10.9. The maximum Gasteiger partial charge on any atom is 0.308 e. The number of carbonyl (C=O) groups is 1. The zero-order valence-electron chi connectivity index (χ0n) is 10.4. The van der Waals surface area contributed by atoms with E-state index in [2.05, 4.69) is 10.8 Å². The second kappa shape index (κ2) is 6.91. The molecule has 0 bridgehead atoms. The van der Waals surface area contributed by atoms with Gasteiger partial charge < -0.3 is 15.2 Å². The molecule has 0 unspecified atom stereocenters. The van der Waals surface area contributed by atoms with E-state index in [-0.39, 0.29) is 12.4 Å². The van der Waals surface area contributed by atoms with Crippen LogP contribution in [-0.2, 0) is 16.0 Å². The van der Waals surface area contributed by atoms with Gasteiger partial charge in [-0.1, -0.05) is 17.7 Å². The Kier molecular flexibility index (Phi) is 5.49. The van der Waals surface area contributed by atoms with Gasteiger partial charge in [-0.25, -0.2) is 0 Å². The van der Waals surface area contributed by atoms with Gasteiger partial charge in [-0.3, -0.25) is 4.79 Å². The van der Waals surface area contributed by atoms with Gasteiger partial charge in [0.05, 0.1) is 20.1 Å². The van der Waals surface area contributed by atoms with E-state index in [0.29, 0.717) is 13.2 Å². The minimum atomic E-state index is -0.266. The molecule has 1 rings (SSSR count). The first kappa shape index (κ1) is 13.5. The van der Waals surface area contributed by atoms with Crippen LogP contribution in [0.4, 0.5) is 0 Å². The second-order valence-corrected chi connectivity index (χ2v) is 3.82. The van der Waals surface area contributed by atoms with Crippen LogP contribution < -0.4 is 10.5 Å². The summed E-state index contributed by atoms with van der Waals surface area (Å²) in [6.07, 6.45) is 1.03. The third-order valence-corrected chi connectivity index (χ3v) is 2.42. The Hall–Kier alpha value is -1.55. The van der Waals surface area contributed by atoms with E-state index in [9.17, 15) is 4.79 Å². The quantitative estimate of drug-likeness (QED) is 0.760. The molecule has 0 heterocycles. The molecule has 0 aliphatic heterocycles. The summed E-state index contributed by atoms with van der Waals surface area (Å²) < 4.78 is 10.1. The monoisotopic (exact) mass is 237 g/mol. The van der Waals surface area contributed by atoms with E-state index in [0.717, 1.165) is 17.7 Å². The minimum absolute atomic E-state index is 0.256. The summed E-state index contributed by atoms with van der Waals surface area (Å²) in [6, 6.07) is 5.95. The molecule has 0 amide bonds. The highest BCUT2D eigenvalue weighted by atomic mass is 16.5. The fraction of sp³-hybridized carbons (Fsp3) is 0.462. The summed E-state index contributed by atoms with van der Waals surface area (Å²) in [6.45, 7) is 2.93. The standard InChI is InChI=1S/C13H19NO3/c1-10-3-4-12(11(9-10)5-7-14)17-8-6-13(15)16-2/h3-4,9H,5-8,14H2,1-2H3. The van der Waals surface area contributed by atoms with E-state index in [4.69, 9.17) is 10.5 Å². The van der Waals surface area contributed by atoms with Crippen molar-refractivity contribution in [2.75, 3.05) is 20.3 Å². The van der Waals surface area contributed by atoms with Crippen molar-refractivity contribution in [3.05, 3.63) is 29.3 Å². The summed E-state index contributed by atoms with van der Waals surface area (Å²) in [5, 5.41) is 0. The Morgan fingerprint density at radius 1 is 1.41 bits per heavy atom. The molecule has 0 aromatic heterocycles. The Balaban J connectivity index is 2.60. The van der Waals surface area contributed by atoms with Gasteiger partial charge in [0, 0.05) is 0 Å². The second-order valence-electron chi connectivity index (χ2n) is 3.82. The lowest BCUT2D eigenvalue weighted by atomic mass is 10.1. The van der Waals surface area contributed by atoms with Gasteiger partial charge in [0.15, 0.2) is 0 Å². The van der Waals surface area contributed by atoms with E-state index in [1.807, 2.05) is 19.1 Å². The van der Waals surface area contributed by atoms with Gasteiger partial charge in [-0.2, -0.15) is 0 Å². The molecule has 0 saturated carbocycles. The Morgan fingerprint density at radius 2 is 2.18 bits per heavy atom. The number of nitrogens with two attached hydrogens (primary N) is 1. The highest BCUT2D eigenvalue weighted by Crippen LogP contribution is 2.20. The lowest BCUT2D eigenvalue weighted by Crippen LogP contribution is -2.10. The van der Waals surface area contributed by atoms with Crippen LogP contribution in [0, 0.1) is 6.92 Å². The first-order valence-corrected chi connectivity index (χ1v) is 5.66. The largest absolute Gasteiger partial charge is 0.493 e. The van der Waals surface area contributed by atoms with Crippen LogP contribution in [0.3, 0.4) is 0 Å². The van der Waals surface area contributed by atoms with Crippen LogP contribution in [0.25, 0.3) is 0 Å². The fourth-order valence-electron chi connectivity index (χ4n) is 1.55. The SMILES string of the molecule is COC(=O)CCOc1ccc(C)cc1CCN. The molecule has 0 fully saturated rings. The summed E-state index contributed by atoms with van der Waals surface area (Å²) in [5.41, 5.74) is 7.80. The number of hydrogen-bond donors (Lipinski definition) is 1. The molecule has 4 nitrogen and oxygen atoms in total. The first-order chi connectivity index (χ1) is 8.17. The molecule has 0 radical (unpaired) electrons. The maximum atomic E-state index is 10.9. The Morgan fingerprint density at radius 3 is 2.82 bits per heavy atom. The number of methoxy groups -OCH3 is 1. The molecule has 94 valence electrons. The van der Waals surface area contributed by atoms with Crippen molar-refractivity contribution >= 4 is 5.97 Å². The van der Waals surface area contributed by atoms with E-state index in [1.165, 1.54) is 12.7 Å². The molecule has 0 aliphatic carbocycles. The molecule has 0 aliphatic rings. The molecule has 0 saturated heterocycles. The van der Waals surface area contributed by atoms with E-state index in [1.54, 1.807) is 0 Å². The summed E-state index contributed by atoms with van der Waals surface area (Å²) >= 11 is 0. The Labute approximate surface area is 102 Å². The van der Waals surface area contributed by atoms with Crippen molar-refractivity contribution in [1.82, 2.24) is 0 Å². The molecule has 1 aromatic rings. The number of hydrogen-bond acceptors (Lipinski definition) is 4. The third kappa shape index (κ3) is 4.44. The van der Waals surface area contributed by atoms with Crippen LogP contribution in [0.15, 0.2) is 18.2 Å². The smallest absolute Gasteiger partial charge is 0.308 e. The predicted octanol–water partition coefficient (Wildman–Crippen LogP) is 1.44. The normalized spacial score (nSPS) is 10.1. The van der Waals surface area contributed by atoms with Crippen molar-refractivity contribution in [3.8, 4) is 5.75 Å². The Bertz CT molecular complexity index is 377. The van der Waals surface area contributed by atoms with Crippen LogP contribution in [-0.4, -0.2) is 26.2 Å². The van der Waals surface area contributed by atoms with Gasteiger partial charge in [0.25, 0.3) is 0 Å². The topological polar surface area (TPSA) is 61.5 Å². The molecule has 1 aromatic carbocycles. The van der Waals surface area contributed by atoms with Crippen LogP contribution in [0.1, 0.15) is 17.5 Å². The lowest BCUT2D eigenvalue weighted by molar-refractivity contribution is -0.141. The van der Waals surface area contributed by atoms with Crippen molar-refractivity contribution < 1.29 is 14.3 Å². The van der Waals surface area contributed by atoms with E-state index < -0.39 is 0 Å². The first-order valence-electron chi connectivity index (χ1n) is 5.66. The highest BCUT2D eigenvalue weighted by molar-refractivity contribution is 5.69. The molecule has 0 spiro atoms. The van der Waals surface area contributed by atoms with Crippen molar-refractivity contribution in [1.29, 1.82) is 0 Å². The van der Waals surface area contributed by atoms with E-state index >= 15 is 0 Å². The zero-order chi connectivity index (χ0) is 12.7. The van der Waals surface area contributed by atoms with Crippen LogP contribution in [0.2, 0.25) is 0 Å². The average molecular weight is 237 g/mol. The van der Waals surface area contributed by atoms with Crippen molar-refractivity contribution in [2.24, 2.45) is 5.73 Å². The number of ether oxygens (including phenoxy) is 2. The predicted molar refractivity (Wildman–Crippen MR) is 66.1 cm³/mol. The number of benzene rings is 1. The lowest BCUT2D eigenvalue weighted by Gasteiger charge is -2.11. The van der Waals surface area contributed by atoms with Crippen LogP contribution >= 0.6 is 0 Å². The number of esters is 1. The minimum Gasteiger partial charge on any atom is -0.493 e. The molecule has 4 heteroatoms. The number of carbonyl (C=O) groups excluding carboxylic acids is 1. The molecular formula is C13H19NO3. The zero-order valence-corrected chi connectivity index (χ0v) is 10.4. The summed E-state index contributed by atoms with van der Waals surface area (Å²) in [7, 11) is 1.37. The number of aryl methyl sites for hydroxylation is 1. The average Bonchev–Trinajstić information content (AvgIpc) is 2.32. The van der Waals surface area contributed by atoms with Gasteiger partial charge in [-0.15, -0.1) is 0 Å². The third-order valence-electron chi connectivity index (χ3n) is 2.42. The highest BCUT2D eigenvalue weighted by Gasteiger charge is 2.05. The molecular weight excluding hydrogens is 218 g/mol. The maximum absolute atomic E-state index is 10.9. The van der Waals surface area contributed by atoms with Gasteiger partial charge in [0.1, 0.15) is 5.75 Å². The van der Waals surface area contributed by atoms with Gasteiger partial charge in [-0.05, 0) is 31.5 Å². The molecule has 2 N–H and O–H groups in total. The van der Waals surface area contributed by atoms with Crippen LogP contribution in [0.5, 0.6) is 5.75 Å². The number of rotatable bonds is 6. The van der Waals surface area contributed by atoms with Gasteiger partial charge in [0.2, 0.25) is 0 Å². The van der Waals surface area contributed by atoms with Gasteiger partial charge >= 0.3 is 5.97 Å². The van der Waals surface area contributed by atoms with Crippen molar-refractivity contribution in [2.45, 2.75) is 19.8 Å². The molecule has 17 heavy (non-hydrogen) atoms. The van der Waals surface area contributed by atoms with Crippen molar-refractivity contribution in [3.63, 3.8) is 0 Å². The summed E-state index contributed by atoms with van der Waals surface area (Å²) in [5.74, 6) is 0.530. The molecule has 0 atom stereocenters. The fourth-order valence-corrected chi connectivity index (χ4v) is 1.55.